The molecule has 1 heterocycles. The Bertz CT molecular complexity index is 474. The molecule has 118 valence electrons. The van der Waals surface area contributed by atoms with Crippen LogP contribution in [0.5, 0.6) is 0 Å². The fourth-order valence-corrected chi connectivity index (χ4v) is 3.69. The van der Waals surface area contributed by atoms with Crippen molar-refractivity contribution in [3.63, 3.8) is 0 Å². The Labute approximate surface area is 136 Å². The van der Waals surface area contributed by atoms with Gasteiger partial charge in [0.2, 0.25) is 0 Å². The molecule has 0 radical (unpaired) electrons. The highest BCUT2D eigenvalue weighted by atomic mass is 79.9. The molecule has 0 bridgehead atoms. The lowest BCUT2D eigenvalue weighted by Crippen LogP contribution is -2.59. The monoisotopic (exact) mass is 356 g/mol. The second-order valence-electron chi connectivity index (χ2n) is 6.30. The van der Waals surface area contributed by atoms with Gasteiger partial charge in [0, 0.05) is 16.1 Å². The summed E-state index contributed by atoms with van der Waals surface area (Å²) in [6.45, 7) is 6.64. The van der Waals surface area contributed by atoms with Crippen LogP contribution in [0.1, 0.15) is 45.1 Å². The quantitative estimate of drug-likeness (QED) is 0.859. The predicted molar refractivity (Wildman–Crippen MR) is 89.9 cm³/mol. The molecule has 1 fully saturated rings. The molecule has 0 amide bonds. The van der Waals surface area contributed by atoms with Gasteiger partial charge in [0.15, 0.2) is 0 Å². The summed E-state index contributed by atoms with van der Waals surface area (Å²) in [5, 5.41) is 0. The SMILES string of the molecule is CCC(C)(C(N)Cc1cc(Br)ccc1F)N1CCCCC1. The van der Waals surface area contributed by atoms with Crippen molar-refractivity contribution in [1.29, 1.82) is 0 Å². The van der Waals surface area contributed by atoms with E-state index in [9.17, 15) is 4.39 Å². The number of benzene rings is 1. The first-order valence-electron chi connectivity index (χ1n) is 7.92. The fraction of sp³-hybridized carbons (Fsp3) is 0.647. The minimum absolute atomic E-state index is 0.0603. The molecule has 2 N–H and O–H groups in total. The third kappa shape index (κ3) is 3.85. The third-order valence-corrected chi connectivity index (χ3v) is 5.53. The van der Waals surface area contributed by atoms with E-state index in [4.69, 9.17) is 5.73 Å². The maximum atomic E-state index is 14.0. The summed E-state index contributed by atoms with van der Waals surface area (Å²) in [5.74, 6) is -0.161. The van der Waals surface area contributed by atoms with Crippen LogP contribution in [0.15, 0.2) is 22.7 Å². The maximum absolute atomic E-state index is 14.0. The normalized spacial score (nSPS) is 21.0. The van der Waals surface area contributed by atoms with E-state index in [0.29, 0.717) is 12.0 Å². The van der Waals surface area contributed by atoms with Crippen LogP contribution in [0, 0.1) is 5.82 Å². The first kappa shape index (κ1) is 16.9. The van der Waals surface area contributed by atoms with Gasteiger partial charge in [-0.15, -0.1) is 0 Å². The van der Waals surface area contributed by atoms with E-state index in [2.05, 4.69) is 34.7 Å². The van der Waals surface area contributed by atoms with E-state index in [-0.39, 0.29) is 17.4 Å². The third-order valence-electron chi connectivity index (χ3n) is 5.04. The lowest BCUT2D eigenvalue weighted by atomic mass is 9.83. The zero-order valence-corrected chi connectivity index (χ0v) is 14.6. The van der Waals surface area contributed by atoms with Crippen molar-refractivity contribution in [3.05, 3.63) is 34.1 Å². The zero-order chi connectivity index (χ0) is 15.5. The minimum atomic E-state index is -0.161. The highest BCUT2D eigenvalue weighted by molar-refractivity contribution is 9.10. The van der Waals surface area contributed by atoms with Crippen LogP contribution in [0.2, 0.25) is 0 Å². The molecule has 0 saturated carbocycles. The van der Waals surface area contributed by atoms with Crippen molar-refractivity contribution >= 4 is 15.9 Å². The second-order valence-corrected chi connectivity index (χ2v) is 7.22. The first-order chi connectivity index (χ1) is 9.97. The molecule has 1 saturated heterocycles. The second kappa shape index (κ2) is 7.21. The summed E-state index contributed by atoms with van der Waals surface area (Å²) in [6.07, 6.45) is 5.36. The molecule has 2 rings (SSSR count). The summed E-state index contributed by atoms with van der Waals surface area (Å²) in [4.78, 5) is 2.51. The van der Waals surface area contributed by atoms with Crippen LogP contribution in [0.3, 0.4) is 0 Å². The molecule has 2 nitrogen and oxygen atoms in total. The van der Waals surface area contributed by atoms with Crippen LogP contribution in [0.25, 0.3) is 0 Å². The predicted octanol–water partition coefficient (Wildman–Crippen LogP) is 4.11. The number of hydrogen-bond acceptors (Lipinski definition) is 2. The summed E-state index contributed by atoms with van der Waals surface area (Å²) < 4.78 is 14.9. The molecule has 1 aliphatic rings. The van der Waals surface area contributed by atoms with Gasteiger partial charge in [-0.1, -0.05) is 29.3 Å². The number of rotatable bonds is 5. The number of hydrogen-bond donors (Lipinski definition) is 1. The standard InChI is InChI=1S/C17H26BrFN2/c1-3-17(2,21-9-5-4-6-10-21)16(20)12-13-11-14(18)7-8-15(13)19/h7-8,11,16H,3-6,9-10,12,20H2,1-2H3. The molecule has 1 aromatic rings. The molecule has 2 unspecified atom stereocenters. The fourth-order valence-electron chi connectivity index (χ4n) is 3.28. The van der Waals surface area contributed by atoms with E-state index in [0.717, 1.165) is 24.0 Å². The minimum Gasteiger partial charge on any atom is -0.326 e. The average molecular weight is 357 g/mol. The Hall–Kier alpha value is -0.450. The average Bonchev–Trinajstić information content (AvgIpc) is 2.51. The summed E-state index contributed by atoms with van der Waals surface area (Å²) in [7, 11) is 0. The van der Waals surface area contributed by atoms with E-state index < -0.39 is 0 Å². The van der Waals surface area contributed by atoms with Gasteiger partial charge >= 0.3 is 0 Å². The highest BCUT2D eigenvalue weighted by Crippen LogP contribution is 2.29. The van der Waals surface area contributed by atoms with Gasteiger partial charge in [-0.05, 0) is 69.5 Å². The number of likely N-dealkylation sites (tertiary alicyclic amines) is 1. The number of nitrogens with two attached hydrogens (primary N) is 1. The van der Waals surface area contributed by atoms with Crippen LogP contribution in [-0.2, 0) is 6.42 Å². The summed E-state index contributed by atoms with van der Waals surface area (Å²) in [6, 6.07) is 5.02. The van der Waals surface area contributed by atoms with Crippen molar-refractivity contribution < 1.29 is 4.39 Å². The Balaban J connectivity index is 2.15. The largest absolute Gasteiger partial charge is 0.326 e. The molecule has 0 spiro atoms. The Morgan fingerprint density at radius 3 is 2.62 bits per heavy atom. The lowest BCUT2D eigenvalue weighted by Gasteiger charge is -2.47. The van der Waals surface area contributed by atoms with Crippen molar-refractivity contribution in [3.8, 4) is 0 Å². The van der Waals surface area contributed by atoms with Gasteiger partial charge < -0.3 is 5.73 Å². The highest BCUT2D eigenvalue weighted by Gasteiger charge is 2.36. The molecular formula is C17H26BrFN2. The molecule has 4 heteroatoms. The van der Waals surface area contributed by atoms with Gasteiger partial charge in [0.1, 0.15) is 5.82 Å². The van der Waals surface area contributed by atoms with Crippen molar-refractivity contribution in [1.82, 2.24) is 4.90 Å². The summed E-state index contributed by atoms with van der Waals surface area (Å²) in [5.41, 5.74) is 7.16. The van der Waals surface area contributed by atoms with Crippen molar-refractivity contribution in [2.75, 3.05) is 13.1 Å². The molecule has 1 aliphatic heterocycles. The topological polar surface area (TPSA) is 29.3 Å². The molecule has 0 aliphatic carbocycles. The van der Waals surface area contributed by atoms with Crippen LogP contribution < -0.4 is 5.73 Å². The Morgan fingerprint density at radius 1 is 1.33 bits per heavy atom. The van der Waals surface area contributed by atoms with Crippen LogP contribution in [-0.4, -0.2) is 29.6 Å². The van der Waals surface area contributed by atoms with Gasteiger partial charge in [0.05, 0.1) is 0 Å². The maximum Gasteiger partial charge on any atom is 0.126 e. The lowest BCUT2D eigenvalue weighted by molar-refractivity contribution is 0.0544. The van der Waals surface area contributed by atoms with Crippen molar-refractivity contribution in [2.45, 2.75) is 57.5 Å². The van der Waals surface area contributed by atoms with E-state index in [1.54, 1.807) is 6.07 Å². The van der Waals surface area contributed by atoms with Crippen LogP contribution >= 0.6 is 15.9 Å². The number of piperidine rings is 1. The van der Waals surface area contributed by atoms with E-state index in [1.807, 2.05) is 6.07 Å². The number of halogens is 2. The van der Waals surface area contributed by atoms with Crippen LogP contribution in [0.4, 0.5) is 4.39 Å². The Morgan fingerprint density at radius 2 is 2.00 bits per heavy atom. The van der Waals surface area contributed by atoms with E-state index >= 15 is 0 Å². The van der Waals surface area contributed by atoms with E-state index in [1.165, 1.54) is 25.3 Å². The molecule has 21 heavy (non-hydrogen) atoms. The zero-order valence-electron chi connectivity index (χ0n) is 13.0. The van der Waals surface area contributed by atoms with Gasteiger partial charge in [-0.3, -0.25) is 4.90 Å². The van der Waals surface area contributed by atoms with Gasteiger partial charge in [0.25, 0.3) is 0 Å². The molecule has 2 atom stereocenters. The van der Waals surface area contributed by atoms with Crippen molar-refractivity contribution in [2.24, 2.45) is 5.73 Å². The van der Waals surface area contributed by atoms with Gasteiger partial charge in [-0.25, -0.2) is 4.39 Å². The first-order valence-corrected chi connectivity index (χ1v) is 8.71. The smallest absolute Gasteiger partial charge is 0.126 e. The molecule has 1 aromatic carbocycles. The molecular weight excluding hydrogens is 331 g/mol. The number of nitrogens with zero attached hydrogens (tertiary/aromatic N) is 1. The Kier molecular flexibility index (Phi) is 5.81. The molecule has 0 aromatic heterocycles. The summed E-state index contributed by atoms with van der Waals surface area (Å²) >= 11 is 3.41. The van der Waals surface area contributed by atoms with Gasteiger partial charge in [-0.2, -0.15) is 0 Å².